The molecule has 1 aliphatic carbocycles. The van der Waals surface area contributed by atoms with Gasteiger partial charge in [0.2, 0.25) is 0 Å². The molecule has 36 heavy (non-hydrogen) atoms. The zero-order chi connectivity index (χ0) is 26.1. The molecule has 1 fully saturated rings. The van der Waals surface area contributed by atoms with Gasteiger partial charge in [0.15, 0.2) is 0 Å². The van der Waals surface area contributed by atoms with Gasteiger partial charge in [-0.2, -0.15) is 0 Å². The van der Waals surface area contributed by atoms with Crippen molar-refractivity contribution in [2.24, 2.45) is 5.92 Å². The number of cyclic esters (lactones) is 1. The summed E-state index contributed by atoms with van der Waals surface area (Å²) in [6.07, 6.45) is 3.47. The Morgan fingerprint density at radius 3 is 2.58 bits per heavy atom. The first-order valence-electron chi connectivity index (χ1n) is 12.5. The molecule has 0 radical (unpaired) electrons. The van der Waals surface area contributed by atoms with Crippen molar-refractivity contribution in [1.29, 1.82) is 0 Å². The first-order chi connectivity index (χ1) is 17.0. The largest absolute Gasteiger partial charge is 0.508 e. The van der Waals surface area contributed by atoms with Crippen molar-refractivity contribution in [3.05, 3.63) is 58.9 Å². The fourth-order valence-corrected chi connectivity index (χ4v) is 5.49. The molecule has 1 saturated carbocycles. The molecule has 0 saturated heterocycles. The summed E-state index contributed by atoms with van der Waals surface area (Å²) in [4.78, 5) is 25.3. The van der Waals surface area contributed by atoms with Crippen molar-refractivity contribution >= 4 is 17.6 Å². The molecule has 2 aliphatic rings. The van der Waals surface area contributed by atoms with Crippen LogP contribution < -0.4 is 5.32 Å². The van der Waals surface area contributed by atoms with E-state index in [2.05, 4.69) is 5.32 Å². The van der Waals surface area contributed by atoms with Gasteiger partial charge in [-0.25, -0.2) is 9.18 Å². The van der Waals surface area contributed by atoms with Crippen LogP contribution in [0, 0.1) is 11.7 Å². The topological polar surface area (TPSA) is 116 Å². The smallest absolute Gasteiger partial charge is 0.338 e. The van der Waals surface area contributed by atoms with Crippen LogP contribution in [-0.4, -0.2) is 38.9 Å². The molecular formula is C28H34FNO6. The van der Waals surface area contributed by atoms with Gasteiger partial charge < -0.3 is 25.4 Å². The van der Waals surface area contributed by atoms with Crippen LogP contribution in [0.3, 0.4) is 0 Å². The Morgan fingerprint density at radius 1 is 1.14 bits per heavy atom. The second-order valence-corrected chi connectivity index (χ2v) is 10.9. The minimum atomic E-state index is -1.82. The van der Waals surface area contributed by atoms with Crippen LogP contribution in [0.1, 0.15) is 80.3 Å². The fraction of sp³-hybridized carbons (Fsp3) is 0.500. The van der Waals surface area contributed by atoms with Crippen LogP contribution in [0.15, 0.2) is 36.4 Å². The van der Waals surface area contributed by atoms with E-state index in [-0.39, 0.29) is 37.2 Å². The Kier molecular flexibility index (Phi) is 7.38. The number of benzene rings is 2. The third kappa shape index (κ3) is 5.71. The second kappa shape index (κ2) is 10.2. The first kappa shape index (κ1) is 26.1. The molecule has 1 heterocycles. The highest BCUT2D eigenvalue weighted by Gasteiger charge is 2.43. The van der Waals surface area contributed by atoms with Crippen molar-refractivity contribution in [3.8, 4) is 5.75 Å². The Morgan fingerprint density at radius 2 is 1.86 bits per heavy atom. The standard InChI is InChI=1S/C28H34FNO6/c1-27(2,23-14-19(29)5-10-24(23)32)16-28(35,12-11-17-3-7-21(31)8-4-17)26(34)30-20-6-9-22-18(13-20)15-36-25(22)33/h5-6,9-10,13-14,17,21,31-32,35H,3-4,7-8,11-12,15-16H2,1-2H3,(H,30,34). The van der Waals surface area contributed by atoms with Crippen LogP contribution in [0.25, 0.3) is 0 Å². The molecule has 8 heteroatoms. The number of aliphatic hydroxyl groups is 2. The monoisotopic (exact) mass is 499 g/mol. The van der Waals surface area contributed by atoms with Crippen molar-refractivity contribution in [3.63, 3.8) is 0 Å². The van der Waals surface area contributed by atoms with Gasteiger partial charge >= 0.3 is 5.97 Å². The molecule has 1 amide bonds. The Labute approximate surface area is 210 Å². The molecule has 7 nitrogen and oxygen atoms in total. The summed E-state index contributed by atoms with van der Waals surface area (Å²) in [6, 6.07) is 8.50. The van der Waals surface area contributed by atoms with Crippen molar-refractivity contribution < 1.29 is 34.0 Å². The van der Waals surface area contributed by atoms with Crippen LogP contribution >= 0.6 is 0 Å². The number of rotatable bonds is 8. The number of esters is 1. The number of hydrogen-bond donors (Lipinski definition) is 4. The quantitative estimate of drug-likeness (QED) is 0.396. The molecule has 1 atom stereocenters. The average Bonchev–Trinajstić information content (AvgIpc) is 3.20. The highest BCUT2D eigenvalue weighted by atomic mass is 19.1. The van der Waals surface area contributed by atoms with Gasteiger partial charge in [0.1, 0.15) is 23.8 Å². The maximum atomic E-state index is 14.0. The summed E-state index contributed by atoms with van der Waals surface area (Å²) >= 11 is 0. The summed E-state index contributed by atoms with van der Waals surface area (Å²) < 4.78 is 19.0. The predicted octanol–water partition coefficient (Wildman–Crippen LogP) is 4.57. The highest BCUT2D eigenvalue weighted by Crippen LogP contribution is 2.41. The van der Waals surface area contributed by atoms with Crippen LogP contribution in [0.2, 0.25) is 0 Å². The molecule has 194 valence electrons. The van der Waals surface area contributed by atoms with E-state index in [1.54, 1.807) is 32.0 Å². The fourth-order valence-electron chi connectivity index (χ4n) is 5.49. The van der Waals surface area contributed by atoms with E-state index >= 15 is 0 Å². The lowest BCUT2D eigenvalue weighted by atomic mass is 9.71. The van der Waals surface area contributed by atoms with Crippen LogP contribution in [0.4, 0.5) is 10.1 Å². The van der Waals surface area contributed by atoms with E-state index in [0.717, 1.165) is 18.9 Å². The molecular weight excluding hydrogens is 465 g/mol. The number of carbonyl (C=O) groups excluding carboxylic acids is 2. The lowest BCUT2D eigenvalue weighted by molar-refractivity contribution is -0.137. The number of halogens is 1. The normalized spacial score (nSPS) is 21.4. The molecule has 0 spiro atoms. The zero-order valence-electron chi connectivity index (χ0n) is 20.7. The summed E-state index contributed by atoms with van der Waals surface area (Å²) in [6.45, 7) is 3.64. The van der Waals surface area contributed by atoms with E-state index in [0.29, 0.717) is 41.6 Å². The first-order valence-corrected chi connectivity index (χ1v) is 12.5. The number of amides is 1. The Balaban J connectivity index is 1.57. The van der Waals surface area contributed by atoms with E-state index in [1.165, 1.54) is 12.1 Å². The molecule has 1 aliphatic heterocycles. The lowest BCUT2D eigenvalue weighted by Crippen LogP contribution is -2.47. The molecule has 1 unspecified atom stereocenters. The number of fused-ring (bicyclic) bond motifs is 1. The molecule has 0 bridgehead atoms. The Bertz CT molecular complexity index is 1140. The number of nitrogens with one attached hydrogen (secondary N) is 1. The number of phenols is 1. The van der Waals surface area contributed by atoms with Gasteiger partial charge in [0.25, 0.3) is 5.91 Å². The summed E-state index contributed by atoms with van der Waals surface area (Å²) in [7, 11) is 0. The van der Waals surface area contributed by atoms with Gasteiger partial charge in [-0.15, -0.1) is 0 Å². The van der Waals surface area contributed by atoms with E-state index in [4.69, 9.17) is 4.74 Å². The molecule has 4 rings (SSSR count). The van der Waals surface area contributed by atoms with Gasteiger partial charge in [0.05, 0.1) is 11.7 Å². The number of ether oxygens (including phenoxy) is 1. The molecule has 0 aromatic heterocycles. The number of anilines is 1. The third-order valence-electron chi connectivity index (χ3n) is 7.57. The number of aliphatic hydroxyl groups excluding tert-OH is 1. The van der Waals surface area contributed by atoms with E-state index < -0.39 is 28.7 Å². The summed E-state index contributed by atoms with van der Waals surface area (Å²) in [5, 5.41) is 34.8. The lowest BCUT2D eigenvalue weighted by Gasteiger charge is -2.37. The highest BCUT2D eigenvalue weighted by molar-refractivity contribution is 5.99. The number of carbonyl (C=O) groups is 2. The zero-order valence-corrected chi connectivity index (χ0v) is 20.7. The van der Waals surface area contributed by atoms with E-state index in [1.807, 2.05) is 0 Å². The van der Waals surface area contributed by atoms with Crippen molar-refractivity contribution in [2.45, 2.75) is 82.5 Å². The molecule has 2 aromatic carbocycles. The number of hydrogen-bond acceptors (Lipinski definition) is 6. The van der Waals surface area contributed by atoms with Gasteiger partial charge in [-0.3, -0.25) is 4.79 Å². The summed E-state index contributed by atoms with van der Waals surface area (Å²) in [5.74, 6) is -1.35. The van der Waals surface area contributed by atoms with Crippen molar-refractivity contribution in [2.75, 3.05) is 5.32 Å². The molecule has 2 aromatic rings. The maximum absolute atomic E-state index is 14.0. The van der Waals surface area contributed by atoms with Crippen LogP contribution in [-0.2, 0) is 21.6 Å². The number of phenolic OH excluding ortho intramolecular Hbond substituents is 1. The van der Waals surface area contributed by atoms with Crippen molar-refractivity contribution in [1.82, 2.24) is 0 Å². The number of aromatic hydroxyl groups is 1. The minimum absolute atomic E-state index is 0.0509. The minimum Gasteiger partial charge on any atom is -0.508 e. The predicted molar refractivity (Wildman–Crippen MR) is 132 cm³/mol. The maximum Gasteiger partial charge on any atom is 0.338 e. The van der Waals surface area contributed by atoms with Gasteiger partial charge in [-0.1, -0.05) is 13.8 Å². The Hall–Kier alpha value is -2.97. The van der Waals surface area contributed by atoms with E-state index in [9.17, 15) is 29.3 Å². The SMILES string of the molecule is CC(C)(CC(O)(CCC1CCC(O)CC1)C(=O)Nc1ccc2c(c1)COC2=O)c1cc(F)ccc1O. The van der Waals surface area contributed by atoms with Gasteiger partial charge in [0, 0.05) is 16.8 Å². The third-order valence-corrected chi connectivity index (χ3v) is 7.57. The van der Waals surface area contributed by atoms with Crippen LogP contribution in [0.5, 0.6) is 5.75 Å². The van der Waals surface area contributed by atoms with Gasteiger partial charge in [-0.05, 0) is 92.7 Å². The average molecular weight is 500 g/mol. The second-order valence-electron chi connectivity index (χ2n) is 10.9. The summed E-state index contributed by atoms with van der Waals surface area (Å²) in [5.41, 5.74) is -0.897. The molecule has 4 N–H and O–H groups in total.